The maximum atomic E-state index is 14.6. The van der Waals surface area contributed by atoms with Crippen molar-refractivity contribution in [1.82, 2.24) is 0 Å². The second kappa shape index (κ2) is 19.4. The van der Waals surface area contributed by atoms with Crippen molar-refractivity contribution in [3.8, 4) is 0 Å². The van der Waals surface area contributed by atoms with E-state index in [0.29, 0.717) is 64.2 Å². The monoisotopic (exact) mass is 1090 g/mol. The van der Waals surface area contributed by atoms with Gasteiger partial charge < -0.3 is 81.3 Å². The molecule has 16 rings (SSSR count). The normalized spacial score (nSPS) is 58.0. The largest absolute Gasteiger partial charge is 0.481 e. The van der Waals surface area contributed by atoms with Gasteiger partial charge in [0.25, 0.3) is 0 Å². The number of carboxylic acids is 1. The summed E-state index contributed by atoms with van der Waals surface area (Å²) in [6.45, 7) is 17.7. The van der Waals surface area contributed by atoms with Crippen LogP contribution in [0.2, 0.25) is 0 Å². The summed E-state index contributed by atoms with van der Waals surface area (Å²) in [4.78, 5) is 26.1. The number of hydrogen-bond donors (Lipinski definition) is 2. The minimum absolute atomic E-state index is 0.00942. The number of rotatable bonds is 2. The maximum absolute atomic E-state index is 14.6. The first kappa shape index (κ1) is 52.6. The fourth-order valence-electron chi connectivity index (χ4n) is 18.0. The van der Waals surface area contributed by atoms with Crippen LogP contribution in [-0.4, -0.2) is 186 Å². The third-order valence-corrected chi connectivity index (χ3v) is 21.6. The molecule has 0 aromatic carbocycles. The molecule has 16 aliphatic heterocycles. The highest BCUT2D eigenvalue weighted by molar-refractivity contribution is 5.70. The average Bonchev–Trinajstić information content (AvgIpc) is 4.10. The van der Waals surface area contributed by atoms with Gasteiger partial charge in [0.2, 0.25) is 0 Å². The predicted octanol–water partition coefficient (Wildman–Crippen LogP) is 5.66. The lowest BCUT2D eigenvalue weighted by Crippen LogP contribution is -2.62. The molecule has 19 nitrogen and oxygen atoms in total. The van der Waals surface area contributed by atoms with Gasteiger partial charge in [-0.2, -0.15) is 0 Å². The van der Waals surface area contributed by atoms with Gasteiger partial charge in [-0.15, -0.1) is 0 Å². The van der Waals surface area contributed by atoms with Gasteiger partial charge in [0.1, 0.15) is 36.6 Å². The van der Waals surface area contributed by atoms with Crippen LogP contribution in [0.4, 0.5) is 0 Å². The zero-order chi connectivity index (χ0) is 53.3. The number of carbonyl (C=O) groups excluding carboxylic acids is 1. The number of aliphatic hydroxyl groups is 1. The number of carbonyl (C=O) groups is 2. The molecule has 12 bridgehead atoms. The zero-order valence-electron chi connectivity index (χ0n) is 45.6. The molecule has 0 amide bonds. The van der Waals surface area contributed by atoms with Crippen molar-refractivity contribution < 1.29 is 90.9 Å². The molecule has 0 aromatic rings. The Morgan fingerprint density at radius 3 is 2.03 bits per heavy atom. The van der Waals surface area contributed by atoms with Gasteiger partial charge in [-0.3, -0.25) is 9.59 Å². The summed E-state index contributed by atoms with van der Waals surface area (Å²) in [7, 11) is 0. The molecule has 19 heteroatoms. The minimum Gasteiger partial charge on any atom is -0.481 e. The molecule has 78 heavy (non-hydrogen) atoms. The Morgan fingerprint density at radius 2 is 1.18 bits per heavy atom. The van der Waals surface area contributed by atoms with Gasteiger partial charge in [0, 0.05) is 63.7 Å². The Kier molecular flexibility index (Phi) is 13.1. The highest BCUT2D eigenvalue weighted by Crippen LogP contribution is 2.58. The molecular weight excluding hydrogens is 1010 g/mol. The third kappa shape index (κ3) is 8.98. The van der Waals surface area contributed by atoms with Crippen LogP contribution >= 0.6 is 0 Å². The lowest BCUT2D eigenvalue weighted by atomic mass is 9.78. The van der Waals surface area contributed by atoms with E-state index < -0.39 is 72.2 Å². The van der Waals surface area contributed by atoms with Crippen LogP contribution in [0.1, 0.15) is 143 Å². The van der Waals surface area contributed by atoms with Crippen LogP contribution in [-0.2, 0) is 80.6 Å². The fraction of sp³-hybridized carbons (Fsp3) is 0.898. The van der Waals surface area contributed by atoms with Crippen LogP contribution in [0, 0.1) is 23.7 Å². The number of ether oxygens (including phenoxy) is 15. The van der Waals surface area contributed by atoms with Crippen LogP contribution in [0.3, 0.4) is 0 Å². The van der Waals surface area contributed by atoms with Crippen molar-refractivity contribution in [3.63, 3.8) is 0 Å². The van der Waals surface area contributed by atoms with E-state index in [1.807, 2.05) is 0 Å². The van der Waals surface area contributed by atoms with E-state index in [1.165, 1.54) is 0 Å². The zero-order valence-corrected chi connectivity index (χ0v) is 45.6. The molecule has 16 heterocycles. The molecule has 432 valence electrons. The Balaban J connectivity index is 0.661. The molecule has 2 N–H and O–H groups in total. The van der Waals surface area contributed by atoms with E-state index in [-0.39, 0.29) is 147 Å². The van der Waals surface area contributed by atoms with Gasteiger partial charge in [0.15, 0.2) is 17.4 Å². The van der Waals surface area contributed by atoms with Crippen molar-refractivity contribution >= 4 is 11.9 Å². The number of fused-ring (bicyclic) bond motifs is 10. The number of hydrogen-bond acceptors (Lipinski definition) is 18. The van der Waals surface area contributed by atoms with Crippen molar-refractivity contribution in [2.45, 2.75) is 307 Å². The van der Waals surface area contributed by atoms with E-state index >= 15 is 0 Å². The first-order chi connectivity index (χ1) is 37.4. The standard InChI is InChI=1S/C59H82O19/c1-25-13-31-7-9-35-26(2)14-33(64-35)11-12-57-23-44-53(77-57)54-55(71-44)56(78-57)52-36(68-54)10-8-32(66-52)15-47(63)72-51-30(6)50-41(67-40(51)17-37(65-31)29(25)5)18-39-43(70-50)22-59(73-39)24-45-49(76-59)28(4)21-58(75-45)20-27(3)48-42(74-58)16-34(60)38(69-48)19-46(61)62/h25,27-28,30-45,48-56,60H,2,5,7-24H2,1,3-4,6H3,(H,61,62). The molecule has 31 unspecified atom stereocenters. The Hall–Kier alpha value is -2.18. The van der Waals surface area contributed by atoms with Gasteiger partial charge in [0.05, 0.1) is 123 Å². The number of aliphatic hydroxyl groups excluding tert-OH is 1. The molecule has 16 saturated heterocycles. The van der Waals surface area contributed by atoms with E-state index in [0.717, 1.165) is 43.3 Å². The minimum atomic E-state index is -1.00. The number of carboxylic acid groups (broad SMARTS) is 1. The Labute approximate surface area is 456 Å². The Bertz CT molecular complexity index is 2370. The molecule has 16 aliphatic rings. The van der Waals surface area contributed by atoms with Crippen LogP contribution in [0.5, 0.6) is 0 Å². The summed E-state index contributed by atoms with van der Waals surface area (Å²) in [5, 5.41) is 20.4. The summed E-state index contributed by atoms with van der Waals surface area (Å²) in [6.07, 6.45) is 1.76. The fourth-order valence-corrected chi connectivity index (χ4v) is 18.0. The van der Waals surface area contributed by atoms with E-state index in [4.69, 9.17) is 71.1 Å². The van der Waals surface area contributed by atoms with Crippen LogP contribution in [0.25, 0.3) is 0 Å². The molecular formula is C59H82O19. The first-order valence-electron chi connectivity index (χ1n) is 30.2. The summed E-state index contributed by atoms with van der Waals surface area (Å²) in [6, 6.07) is 0. The maximum Gasteiger partial charge on any atom is 0.308 e. The number of esters is 1. The highest BCUT2D eigenvalue weighted by atomic mass is 16.8. The van der Waals surface area contributed by atoms with Crippen LogP contribution in [0.15, 0.2) is 24.3 Å². The summed E-state index contributed by atoms with van der Waals surface area (Å²) >= 11 is 0. The first-order valence-corrected chi connectivity index (χ1v) is 30.2. The van der Waals surface area contributed by atoms with Crippen molar-refractivity contribution in [3.05, 3.63) is 24.3 Å². The van der Waals surface area contributed by atoms with Gasteiger partial charge in [-0.05, 0) is 73.8 Å². The van der Waals surface area contributed by atoms with E-state index in [2.05, 4.69) is 40.9 Å². The van der Waals surface area contributed by atoms with Gasteiger partial charge >= 0.3 is 11.9 Å². The Morgan fingerprint density at radius 1 is 0.513 bits per heavy atom. The van der Waals surface area contributed by atoms with Gasteiger partial charge in [-0.1, -0.05) is 40.9 Å². The van der Waals surface area contributed by atoms with Crippen LogP contribution < -0.4 is 0 Å². The topological polar surface area (TPSA) is 213 Å². The lowest BCUT2D eigenvalue weighted by molar-refractivity contribution is -0.371. The van der Waals surface area contributed by atoms with E-state index in [9.17, 15) is 19.8 Å². The quantitative estimate of drug-likeness (QED) is 0.252. The van der Waals surface area contributed by atoms with Gasteiger partial charge in [-0.25, -0.2) is 0 Å². The lowest BCUT2D eigenvalue weighted by Gasteiger charge is -2.54. The second-order valence-electron chi connectivity index (χ2n) is 27.1. The molecule has 0 radical (unpaired) electrons. The molecule has 3 spiro atoms. The average molecular weight is 1100 g/mol. The van der Waals surface area contributed by atoms with E-state index in [1.54, 1.807) is 0 Å². The molecule has 0 saturated carbocycles. The summed E-state index contributed by atoms with van der Waals surface area (Å²) in [5.74, 6) is -3.99. The predicted molar refractivity (Wildman–Crippen MR) is 268 cm³/mol. The van der Waals surface area contributed by atoms with Crippen molar-refractivity contribution in [1.29, 1.82) is 0 Å². The second-order valence-corrected chi connectivity index (χ2v) is 27.1. The smallest absolute Gasteiger partial charge is 0.308 e. The molecule has 0 aliphatic carbocycles. The third-order valence-electron chi connectivity index (χ3n) is 21.6. The van der Waals surface area contributed by atoms with Crippen molar-refractivity contribution in [2.24, 2.45) is 23.7 Å². The molecule has 31 atom stereocenters. The molecule has 0 aromatic heterocycles. The number of aliphatic carboxylic acids is 1. The molecule has 16 fully saturated rings. The highest BCUT2D eigenvalue weighted by Gasteiger charge is 2.70. The SMILES string of the molecule is C=C1CC2CCC34CC5OC6C(OC7CCC(CC(=O)OC8C(CC9OC(CCC1O2)CC(C)C9=C)OC1CC2OC9(CC2OC1C8C)CC1OC2(CC(C)C8OC(CC(=O)O)C(O)CC8O2)CC(C)C1O9)OC7C6O3)C5O4. The summed E-state index contributed by atoms with van der Waals surface area (Å²) in [5.41, 5.74) is 2.14. The summed E-state index contributed by atoms with van der Waals surface area (Å²) < 4.78 is 103. The van der Waals surface area contributed by atoms with Crippen molar-refractivity contribution in [2.75, 3.05) is 0 Å².